The van der Waals surface area contributed by atoms with Gasteiger partial charge >= 0.3 is 0 Å². The van der Waals surface area contributed by atoms with Crippen LogP contribution in [0, 0.1) is 0 Å². The predicted octanol–water partition coefficient (Wildman–Crippen LogP) is -1.02. The first-order valence-corrected chi connectivity index (χ1v) is 5.99. The largest absolute Gasteiger partial charge is 0.394 e. The summed E-state index contributed by atoms with van der Waals surface area (Å²) in [6.45, 7) is -0.412. The van der Waals surface area contributed by atoms with Crippen molar-refractivity contribution in [1.29, 1.82) is 0 Å². The Balaban J connectivity index is 2.29. The first kappa shape index (κ1) is 13.9. The molecule has 0 radical (unpaired) electrons. The van der Waals surface area contributed by atoms with E-state index in [2.05, 4.69) is 5.32 Å². The van der Waals surface area contributed by atoms with E-state index in [9.17, 15) is 10.2 Å². The highest BCUT2D eigenvalue weighted by Gasteiger charge is 2.24. The average molecular weight is 233 g/mol. The third kappa shape index (κ3) is 4.76. The minimum absolute atomic E-state index is 0.201. The molecule has 1 fully saturated rings. The Bertz CT molecular complexity index is 173. The second kappa shape index (κ2) is 7.19. The smallest absolute Gasteiger partial charge is 0.0785 e. The predicted molar refractivity (Wildman–Crippen MR) is 60.0 cm³/mol. The zero-order valence-electron chi connectivity index (χ0n) is 9.55. The lowest BCUT2D eigenvalue weighted by atomic mass is 9.92. The molecule has 0 aromatic rings. The Hall–Kier alpha value is -0.200. The molecule has 16 heavy (non-hydrogen) atoms. The molecule has 1 rings (SSSR count). The Morgan fingerprint density at radius 3 is 1.75 bits per heavy atom. The minimum Gasteiger partial charge on any atom is -0.394 e. The number of hydrogen-bond donors (Lipinski definition) is 5. The van der Waals surface area contributed by atoms with Gasteiger partial charge < -0.3 is 25.7 Å². The van der Waals surface area contributed by atoms with E-state index in [0.717, 1.165) is 19.3 Å². The van der Waals surface area contributed by atoms with Crippen LogP contribution in [0.3, 0.4) is 0 Å². The summed E-state index contributed by atoms with van der Waals surface area (Å²) in [5.74, 6) is 0. The van der Waals surface area contributed by atoms with Crippen molar-refractivity contribution in [2.75, 3.05) is 13.2 Å². The topological polar surface area (TPSA) is 93.0 Å². The van der Waals surface area contributed by atoms with Crippen LogP contribution in [-0.4, -0.2) is 57.9 Å². The SMILES string of the molecule is OCC(O)CC1CCCC(CC(O)CO)N1. The van der Waals surface area contributed by atoms with Gasteiger partial charge in [-0.25, -0.2) is 0 Å². The van der Waals surface area contributed by atoms with Gasteiger partial charge in [-0.05, 0) is 25.7 Å². The number of piperidine rings is 1. The summed E-state index contributed by atoms with van der Waals surface area (Å²) in [6, 6.07) is 0.401. The molecular weight excluding hydrogens is 210 g/mol. The Morgan fingerprint density at radius 1 is 0.938 bits per heavy atom. The van der Waals surface area contributed by atoms with E-state index in [-0.39, 0.29) is 25.3 Å². The van der Waals surface area contributed by atoms with Crippen molar-refractivity contribution in [3.8, 4) is 0 Å². The molecule has 1 saturated heterocycles. The molecule has 96 valence electrons. The van der Waals surface area contributed by atoms with Crippen molar-refractivity contribution in [2.24, 2.45) is 0 Å². The van der Waals surface area contributed by atoms with Crippen LogP contribution < -0.4 is 5.32 Å². The third-order valence-corrected chi connectivity index (χ3v) is 3.11. The molecule has 1 aliphatic rings. The number of nitrogens with one attached hydrogen (secondary N) is 1. The summed E-state index contributed by atoms with van der Waals surface area (Å²) in [5.41, 5.74) is 0. The van der Waals surface area contributed by atoms with E-state index in [0.29, 0.717) is 12.8 Å². The molecule has 0 aliphatic carbocycles. The molecule has 0 amide bonds. The molecule has 0 aromatic carbocycles. The molecule has 0 aromatic heterocycles. The first-order chi connectivity index (χ1) is 7.65. The lowest BCUT2D eigenvalue weighted by Gasteiger charge is -2.32. The van der Waals surface area contributed by atoms with E-state index in [1.807, 2.05) is 0 Å². The fraction of sp³-hybridized carbons (Fsp3) is 1.00. The molecule has 1 aliphatic heterocycles. The van der Waals surface area contributed by atoms with Crippen LogP contribution in [0.2, 0.25) is 0 Å². The lowest BCUT2D eigenvalue weighted by Crippen LogP contribution is -2.45. The van der Waals surface area contributed by atoms with Crippen molar-refractivity contribution >= 4 is 0 Å². The van der Waals surface area contributed by atoms with Crippen LogP contribution >= 0.6 is 0 Å². The van der Waals surface area contributed by atoms with Crippen molar-refractivity contribution in [2.45, 2.75) is 56.4 Å². The highest BCUT2D eigenvalue weighted by molar-refractivity contribution is 4.83. The van der Waals surface area contributed by atoms with Gasteiger partial charge in [0.1, 0.15) is 0 Å². The van der Waals surface area contributed by atoms with E-state index >= 15 is 0 Å². The number of rotatable bonds is 6. The highest BCUT2D eigenvalue weighted by atomic mass is 16.3. The summed E-state index contributed by atoms with van der Waals surface area (Å²) in [6.07, 6.45) is 2.78. The zero-order valence-corrected chi connectivity index (χ0v) is 9.55. The first-order valence-electron chi connectivity index (χ1n) is 5.99. The molecule has 5 N–H and O–H groups in total. The second-order valence-corrected chi connectivity index (χ2v) is 4.64. The summed E-state index contributed by atoms with van der Waals surface area (Å²) in [7, 11) is 0. The number of aliphatic hydroxyl groups excluding tert-OH is 4. The summed E-state index contributed by atoms with van der Waals surface area (Å²) >= 11 is 0. The molecule has 0 spiro atoms. The molecule has 4 unspecified atom stereocenters. The summed E-state index contributed by atoms with van der Waals surface area (Å²) in [5, 5.41) is 39.6. The van der Waals surface area contributed by atoms with Gasteiger partial charge in [-0.2, -0.15) is 0 Å². The van der Waals surface area contributed by atoms with E-state index in [4.69, 9.17) is 10.2 Å². The van der Waals surface area contributed by atoms with Crippen LogP contribution in [0.25, 0.3) is 0 Å². The average Bonchev–Trinajstić information content (AvgIpc) is 2.29. The van der Waals surface area contributed by atoms with Gasteiger partial charge in [-0.15, -0.1) is 0 Å². The monoisotopic (exact) mass is 233 g/mol. The van der Waals surface area contributed by atoms with E-state index in [1.165, 1.54) is 0 Å². The summed E-state index contributed by atoms with van der Waals surface area (Å²) < 4.78 is 0. The Kier molecular flexibility index (Phi) is 6.23. The number of aliphatic hydroxyl groups is 4. The minimum atomic E-state index is -0.668. The van der Waals surface area contributed by atoms with E-state index in [1.54, 1.807) is 0 Å². The van der Waals surface area contributed by atoms with Crippen LogP contribution in [0.5, 0.6) is 0 Å². The maximum absolute atomic E-state index is 9.35. The molecule has 0 bridgehead atoms. The van der Waals surface area contributed by atoms with Crippen LogP contribution in [0.15, 0.2) is 0 Å². The zero-order chi connectivity index (χ0) is 12.0. The van der Waals surface area contributed by atoms with Gasteiger partial charge in [-0.1, -0.05) is 6.42 Å². The standard InChI is InChI=1S/C11H23NO4/c13-6-10(15)4-8-2-1-3-9(12-8)5-11(16)7-14/h8-16H,1-7H2. The second-order valence-electron chi connectivity index (χ2n) is 4.64. The highest BCUT2D eigenvalue weighted by Crippen LogP contribution is 2.19. The molecule has 1 heterocycles. The van der Waals surface area contributed by atoms with Crippen molar-refractivity contribution in [1.82, 2.24) is 5.32 Å². The van der Waals surface area contributed by atoms with Gasteiger partial charge in [0.05, 0.1) is 25.4 Å². The van der Waals surface area contributed by atoms with E-state index < -0.39 is 12.2 Å². The fourth-order valence-corrected chi connectivity index (χ4v) is 2.29. The fourth-order valence-electron chi connectivity index (χ4n) is 2.29. The lowest BCUT2D eigenvalue weighted by molar-refractivity contribution is 0.0590. The summed E-state index contributed by atoms with van der Waals surface area (Å²) in [4.78, 5) is 0. The maximum atomic E-state index is 9.35. The quantitative estimate of drug-likeness (QED) is 0.405. The van der Waals surface area contributed by atoms with Gasteiger partial charge in [0.15, 0.2) is 0 Å². The van der Waals surface area contributed by atoms with Crippen LogP contribution in [-0.2, 0) is 0 Å². The molecule has 0 saturated carbocycles. The van der Waals surface area contributed by atoms with Gasteiger partial charge in [-0.3, -0.25) is 0 Å². The number of hydrogen-bond acceptors (Lipinski definition) is 5. The third-order valence-electron chi connectivity index (χ3n) is 3.11. The van der Waals surface area contributed by atoms with Gasteiger partial charge in [0, 0.05) is 12.1 Å². The van der Waals surface area contributed by atoms with Gasteiger partial charge in [0.25, 0.3) is 0 Å². The van der Waals surface area contributed by atoms with Crippen molar-refractivity contribution < 1.29 is 20.4 Å². The maximum Gasteiger partial charge on any atom is 0.0785 e. The molecule has 5 nitrogen and oxygen atoms in total. The Morgan fingerprint density at radius 2 is 1.38 bits per heavy atom. The van der Waals surface area contributed by atoms with Crippen molar-refractivity contribution in [3.63, 3.8) is 0 Å². The van der Waals surface area contributed by atoms with Crippen molar-refractivity contribution in [3.05, 3.63) is 0 Å². The van der Waals surface area contributed by atoms with Crippen LogP contribution in [0.1, 0.15) is 32.1 Å². The Labute approximate surface area is 96.1 Å². The van der Waals surface area contributed by atoms with Gasteiger partial charge in [0.2, 0.25) is 0 Å². The molecule has 4 atom stereocenters. The normalized spacial score (nSPS) is 30.0. The molecule has 5 heteroatoms. The van der Waals surface area contributed by atoms with Crippen LogP contribution in [0.4, 0.5) is 0 Å². The molecular formula is C11H23NO4.